The van der Waals surface area contributed by atoms with Crippen molar-refractivity contribution in [2.45, 2.75) is 23.0 Å². The lowest BCUT2D eigenvalue weighted by Gasteiger charge is -2.15. The van der Waals surface area contributed by atoms with E-state index in [-0.39, 0.29) is 29.5 Å². The molecule has 0 radical (unpaired) electrons. The van der Waals surface area contributed by atoms with Gasteiger partial charge in [0.2, 0.25) is 11.2 Å². The Morgan fingerprint density at radius 2 is 2.07 bits per heavy atom. The molecule has 1 unspecified atom stereocenters. The number of carbonyl (C=O) groups is 1. The molecule has 3 rings (SSSR count). The SMILES string of the molecule is COC(=O)CC(c1ccco1)c1oc(CSc2ccccc2F)cc(=O)c1O. The number of halogens is 1. The van der Waals surface area contributed by atoms with Crippen LogP contribution in [0.5, 0.6) is 5.75 Å². The Bertz CT molecular complexity index is 1010. The molecule has 0 saturated carbocycles. The highest BCUT2D eigenvalue weighted by Gasteiger charge is 2.28. The van der Waals surface area contributed by atoms with E-state index in [9.17, 15) is 19.1 Å². The van der Waals surface area contributed by atoms with E-state index in [1.807, 2.05) is 0 Å². The van der Waals surface area contributed by atoms with Gasteiger partial charge in [-0.25, -0.2) is 4.39 Å². The molecule has 1 aromatic carbocycles. The first-order chi connectivity index (χ1) is 13.5. The molecule has 6 nitrogen and oxygen atoms in total. The Labute approximate surface area is 163 Å². The van der Waals surface area contributed by atoms with Gasteiger partial charge in [-0.1, -0.05) is 12.1 Å². The second-order valence-electron chi connectivity index (χ2n) is 5.86. The molecular weight excluding hydrogens is 387 g/mol. The van der Waals surface area contributed by atoms with Crippen molar-refractivity contribution in [3.8, 4) is 5.75 Å². The van der Waals surface area contributed by atoms with Crippen LogP contribution in [0.25, 0.3) is 0 Å². The molecule has 0 aliphatic carbocycles. The van der Waals surface area contributed by atoms with Gasteiger partial charge in [0, 0.05) is 11.0 Å². The summed E-state index contributed by atoms with van der Waals surface area (Å²) in [5.41, 5.74) is -0.660. The van der Waals surface area contributed by atoms with Gasteiger partial charge >= 0.3 is 5.97 Å². The number of furan rings is 1. The molecule has 8 heteroatoms. The summed E-state index contributed by atoms with van der Waals surface area (Å²) >= 11 is 1.15. The lowest BCUT2D eigenvalue weighted by atomic mass is 9.98. The summed E-state index contributed by atoms with van der Waals surface area (Å²) in [5, 5.41) is 10.2. The monoisotopic (exact) mass is 404 g/mol. The summed E-state index contributed by atoms with van der Waals surface area (Å²) in [5.74, 6) is -1.76. The fourth-order valence-electron chi connectivity index (χ4n) is 2.64. The van der Waals surface area contributed by atoms with Crippen molar-refractivity contribution in [1.29, 1.82) is 0 Å². The van der Waals surface area contributed by atoms with E-state index in [1.54, 1.807) is 30.3 Å². The maximum atomic E-state index is 13.8. The summed E-state index contributed by atoms with van der Waals surface area (Å²) in [6.07, 6.45) is 1.22. The summed E-state index contributed by atoms with van der Waals surface area (Å²) in [6.45, 7) is 0. The third kappa shape index (κ3) is 4.45. The van der Waals surface area contributed by atoms with Crippen LogP contribution in [0.4, 0.5) is 4.39 Å². The largest absolute Gasteiger partial charge is 0.502 e. The van der Waals surface area contributed by atoms with Crippen LogP contribution in [0.1, 0.15) is 29.6 Å². The van der Waals surface area contributed by atoms with Gasteiger partial charge in [-0.05, 0) is 24.3 Å². The predicted molar refractivity (Wildman–Crippen MR) is 99.8 cm³/mol. The molecule has 0 aliphatic rings. The van der Waals surface area contributed by atoms with Crippen molar-refractivity contribution in [3.05, 3.63) is 82.0 Å². The summed E-state index contributed by atoms with van der Waals surface area (Å²) < 4.78 is 29.5. The lowest BCUT2D eigenvalue weighted by molar-refractivity contribution is -0.141. The van der Waals surface area contributed by atoms with Crippen LogP contribution in [-0.2, 0) is 15.3 Å². The zero-order valence-electron chi connectivity index (χ0n) is 14.9. The minimum absolute atomic E-state index is 0.100. The maximum Gasteiger partial charge on any atom is 0.306 e. The second kappa shape index (κ2) is 8.79. The standard InChI is InChI=1S/C20H17FO6S/c1-25-18(23)10-13(16-6-4-8-26-16)20-19(24)15(22)9-12(27-20)11-28-17-7-3-2-5-14(17)21/h2-9,13,24H,10-11H2,1H3. The molecule has 0 aliphatic heterocycles. The molecule has 0 saturated heterocycles. The molecule has 0 spiro atoms. The van der Waals surface area contributed by atoms with Gasteiger partial charge in [-0.2, -0.15) is 0 Å². The van der Waals surface area contributed by atoms with Gasteiger partial charge in [-0.3, -0.25) is 9.59 Å². The van der Waals surface area contributed by atoms with Gasteiger partial charge in [0.1, 0.15) is 17.3 Å². The molecule has 146 valence electrons. The first-order valence-electron chi connectivity index (χ1n) is 8.33. The molecule has 0 fully saturated rings. The minimum Gasteiger partial charge on any atom is -0.502 e. The molecule has 2 aromatic heterocycles. The van der Waals surface area contributed by atoms with E-state index in [1.165, 1.54) is 19.4 Å². The molecular formula is C20H17FO6S. The van der Waals surface area contributed by atoms with Crippen molar-refractivity contribution < 1.29 is 27.9 Å². The van der Waals surface area contributed by atoms with Crippen molar-refractivity contribution in [3.63, 3.8) is 0 Å². The number of hydrogen-bond donors (Lipinski definition) is 1. The summed E-state index contributed by atoms with van der Waals surface area (Å²) in [6, 6.07) is 10.6. The van der Waals surface area contributed by atoms with E-state index in [2.05, 4.69) is 0 Å². The Hall–Kier alpha value is -3.00. The number of methoxy groups -OCH3 is 1. The fourth-order valence-corrected chi connectivity index (χ4v) is 3.46. The van der Waals surface area contributed by atoms with E-state index in [4.69, 9.17) is 13.6 Å². The number of ether oxygens (including phenoxy) is 1. The summed E-state index contributed by atoms with van der Waals surface area (Å²) in [7, 11) is 1.24. The van der Waals surface area contributed by atoms with Crippen LogP contribution in [0.3, 0.4) is 0 Å². The van der Waals surface area contributed by atoms with Crippen molar-refractivity contribution in [1.82, 2.24) is 0 Å². The predicted octanol–water partition coefficient (Wildman–Crippen LogP) is 4.06. The molecule has 28 heavy (non-hydrogen) atoms. The van der Waals surface area contributed by atoms with Gasteiger partial charge in [0.15, 0.2) is 5.76 Å². The first kappa shape index (κ1) is 19.8. The van der Waals surface area contributed by atoms with Crippen LogP contribution >= 0.6 is 11.8 Å². The number of hydrogen-bond acceptors (Lipinski definition) is 7. The third-order valence-corrected chi connectivity index (χ3v) is 5.08. The Morgan fingerprint density at radius 3 is 2.75 bits per heavy atom. The van der Waals surface area contributed by atoms with E-state index >= 15 is 0 Å². The number of thioether (sulfide) groups is 1. The minimum atomic E-state index is -0.839. The van der Waals surface area contributed by atoms with Gasteiger partial charge in [0.25, 0.3) is 0 Å². The zero-order chi connectivity index (χ0) is 20.1. The van der Waals surface area contributed by atoms with Crippen molar-refractivity contribution in [2.75, 3.05) is 7.11 Å². The molecule has 0 amide bonds. The average Bonchev–Trinajstić information content (AvgIpc) is 3.22. The second-order valence-corrected chi connectivity index (χ2v) is 6.87. The van der Waals surface area contributed by atoms with Crippen LogP contribution in [-0.4, -0.2) is 18.2 Å². The molecule has 1 atom stereocenters. The zero-order valence-corrected chi connectivity index (χ0v) is 15.7. The van der Waals surface area contributed by atoms with Crippen molar-refractivity contribution in [2.24, 2.45) is 0 Å². The van der Waals surface area contributed by atoms with E-state index < -0.39 is 23.1 Å². The van der Waals surface area contributed by atoms with Crippen LogP contribution < -0.4 is 5.43 Å². The van der Waals surface area contributed by atoms with Crippen LogP contribution in [0.15, 0.2) is 67.3 Å². The third-order valence-electron chi connectivity index (χ3n) is 4.01. The Morgan fingerprint density at radius 1 is 1.29 bits per heavy atom. The normalized spacial score (nSPS) is 11.9. The highest BCUT2D eigenvalue weighted by molar-refractivity contribution is 7.98. The number of carbonyl (C=O) groups excluding carboxylic acids is 1. The number of aromatic hydroxyl groups is 1. The number of rotatable bonds is 7. The topological polar surface area (TPSA) is 89.9 Å². The molecule has 3 aromatic rings. The Kier molecular flexibility index (Phi) is 6.20. The lowest BCUT2D eigenvalue weighted by Crippen LogP contribution is -2.13. The Balaban J connectivity index is 1.94. The van der Waals surface area contributed by atoms with Gasteiger partial charge in [0.05, 0.1) is 31.5 Å². The highest BCUT2D eigenvalue weighted by atomic mass is 32.2. The van der Waals surface area contributed by atoms with E-state index in [0.29, 0.717) is 10.7 Å². The maximum absolute atomic E-state index is 13.8. The highest BCUT2D eigenvalue weighted by Crippen LogP contribution is 2.34. The first-order valence-corrected chi connectivity index (χ1v) is 9.31. The van der Waals surface area contributed by atoms with Gasteiger partial charge in [-0.15, -0.1) is 11.8 Å². The molecule has 1 N–H and O–H groups in total. The average molecular weight is 404 g/mol. The van der Waals surface area contributed by atoms with E-state index in [0.717, 1.165) is 17.8 Å². The quantitative estimate of drug-likeness (QED) is 0.469. The van der Waals surface area contributed by atoms with Crippen molar-refractivity contribution >= 4 is 17.7 Å². The van der Waals surface area contributed by atoms with Crippen LogP contribution in [0, 0.1) is 5.82 Å². The molecule has 2 heterocycles. The molecule has 0 bridgehead atoms. The summed E-state index contributed by atoms with van der Waals surface area (Å²) in [4.78, 5) is 24.4. The van der Waals surface area contributed by atoms with Crippen LogP contribution in [0.2, 0.25) is 0 Å². The number of benzene rings is 1. The number of esters is 1. The smallest absolute Gasteiger partial charge is 0.306 e. The fraction of sp³-hybridized carbons (Fsp3) is 0.200. The van der Waals surface area contributed by atoms with Gasteiger partial charge < -0.3 is 18.7 Å².